The molecular weight excluding hydrogens is 543 g/mol. The van der Waals surface area contributed by atoms with Gasteiger partial charge in [-0.1, -0.05) is 19.1 Å². The molecule has 11 heteroatoms. The van der Waals surface area contributed by atoms with Crippen molar-refractivity contribution in [3.05, 3.63) is 94.9 Å². The van der Waals surface area contributed by atoms with Gasteiger partial charge in [-0.25, -0.2) is 8.42 Å². The number of fused-ring (bicyclic) bond motifs is 1. The second kappa shape index (κ2) is 10.7. The van der Waals surface area contributed by atoms with Crippen LogP contribution in [0.15, 0.2) is 71.8 Å². The van der Waals surface area contributed by atoms with Crippen LogP contribution >= 0.6 is 0 Å². The van der Waals surface area contributed by atoms with Gasteiger partial charge >= 0.3 is 6.18 Å². The predicted octanol–water partition coefficient (Wildman–Crippen LogP) is 5.24. The number of hydrogen-bond donors (Lipinski definition) is 2. The first-order valence-electron chi connectivity index (χ1n) is 12.9. The highest BCUT2D eigenvalue weighted by Gasteiger charge is 2.31. The molecule has 1 atom stereocenters. The maximum atomic E-state index is 13.1. The highest BCUT2D eigenvalue weighted by atomic mass is 32.2. The summed E-state index contributed by atoms with van der Waals surface area (Å²) in [5.74, 6) is -0.498. The van der Waals surface area contributed by atoms with Crippen LogP contribution in [-0.2, 0) is 22.4 Å². The fourth-order valence-electron chi connectivity index (χ4n) is 4.76. The molecule has 1 unspecified atom stereocenters. The Kier molecular flexibility index (Phi) is 7.45. The molecule has 2 heterocycles. The van der Waals surface area contributed by atoms with Crippen LogP contribution in [0.4, 0.5) is 13.2 Å². The van der Waals surface area contributed by atoms with E-state index in [2.05, 4.69) is 14.9 Å². The fourth-order valence-corrected chi connectivity index (χ4v) is 5.58. The second-order valence-corrected chi connectivity index (χ2v) is 12.2. The number of carbonyl (C=O) groups is 1. The lowest BCUT2D eigenvalue weighted by molar-refractivity contribution is -0.137. The average molecular weight is 572 g/mol. The summed E-state index contributed by atoms with van der Waals surface area (Å²) in [6.45, 7) is 1.10. The zero-order valence-corrected chi connectivity index (χ0v) is 22.5. The Morgan fingerprint density at radius 1 is 1.10 bits per heavy atom. The molecule has 1 fully saturated rings. The minimum atomic E-state index is -4.39. The second-order valence-electron chi connectivity index (χ2n) is 9.91. The lowest BCUT2D eigenvalue weighted by Gasteiger charge is -2.16. The van der Waals surface area contributed by atoms with Crippen LogP contribution in [0, 0.1) is 0 Å². The Morgan fingerprint density at radius 2 is 1.82 bits per heavy atom. The van der Waals surface area contributed by atoms with E-state index in [0.717, 1.165) is 47.1 Å². The van der Waals surface area contributed by atoms with Crippen molar-refractivity contribution in [1.29, 1.82) is 0 Å². The number of aliphatic hydroxyl groups excluding tert-OH is 1. The van der Waals surface area contributed by atoms with Crippen molar-refractivity contribution in [3.63, 3.8) is 0 Å². The van der Waals surface area contributed by atoms with E-state index in [4.69, 9.17) is 0 Å². The molecule has 0 aliphatic heterocycles. The maximum absolute atomic E-state index is 13.1. The number of aliphatic hydroxyl groups is 1. The zero-order chi connectivity index (χ0) is 28.7. The van der Waals surface area contributed by atoms with Crippen molar-refractivity contribution < 1.29 is 31.5 Å². The third kappa shape index (κ3) is 5.75. The number of amides is 1. The summed E-state index contributed by atoms with van der Waals surface area (Å²) in [5.41, 5.74) is 2.65. The quantitative estimate of drug-likeness (QED) is 0.286. The van der Waals surface area contributed by atoms with Gasteiger partial charge in [0.15, 0.2) is 9.84 Å². The number of halogens is 3. The van der Waals surface area contributed by atoms with Gasteiger partial charge in [0.25, 0.3) is 5.91 Å². The van der Waals surface area contributed by atoms with Crippen molar-refractivity contribution in [1.82, 2.24) is 14.9 Å². The van der Waals surface area contributed by atoms with Gasteiger partial charge in [-0.3, -0.25) is 9.78 Å². The molecule has 2 N–H and O–H groups in total. The molecule has 0 spiro atoms. The van der Waals surface area contributed by atoms with E-state index in [9.17, 15) is 31.5 Å². The molecule has 2 aromatic heterocycles. The number of rotatable bonds is 9. The molecule has 7 nitrogen and oxygen atoms in total. The summed E-state index contributed by atoms with van der Waals surface area (Å²) in [7, 11) is -3.43. The molecule has 1 aliphatic carbocycles. The first-order valence-corrected chi connectivity index (χ1v) is 14.6. The first kappa shape index (κ1) is 27.9. The van der Waals surface area contributed by atoms with E-state index in [1.165, 1.54) is 37.4 Å². The Labute approximate surface area is 229 Å². The number of alkyl halides is 3. The normalized spacial score (nSPS) is 14.8. The first-order chi connectivity index (χ1) is 19.0. The molecule has 2 aromatic carbocycles. The third-order valence-electron chi connectivity index (χ3n) is 7.10. The molecule has 1 saturated carbocycles. The number of nitrogens with zero attached hydrogens (tertiary/aromatic N) is 2. The Hall–Kier alpha value is -3.70. The van der Waals surface area contributed by atoms with Crippen molar-refractivity contribution in [3.8, 4) is 0 Å². The van der Waals surface area contributed by atoms with Crippen LogP contribution in [0.25, 0.3) is 10.9 Å². The van der Waals surface area contributed by atoms with Crippen LogP contribution in [-0.4, -0.2) is 41.3 Å². The number of benzene rings is 2. The summed E-state index contributed by atoms with van der Waals surface area (Å²) in [6, 6.07) is 14.8. The largest absolute Gasteiger partial charge is 0.416 e. The van der Waals surface area contributed by atoms with Gasteiger partial charge in [0.2, 0.25) is 0 Å². The van der Waals surface area contributed by atoms with Crippen molar-refractivity contribution in [2.24, 2.45) is 0 Å². The van der Waals surface area contributed by atoms with Crippen LogP contribution in [0.3, 0.4) is 0 Å². The standard InChI is InChI=1S/C29H28F3N3O4S/c1-2-40(38,39)24-10-11-25(33-16-24)26(17-36)34-28(37)19-5-12-27-20(14-19)15-23(35(27)22-8-9-22)13-18-3-6-21(7-4-18)29(30,31)32/h3-7,10-12,14-16,22,26,36H,2,8-9,13,17H2,1H3,(H,34,37). The molecular formula is C29H28F3N3O4S. The summed E-state index contributed by atoms with van der Waals surface area (Å²) >= 11 is 0. The smallest absolute Gasteiger partial charge is 0.394 e. The highest BCUT2D eigenvalue weighted by molar-refractivity contribution is 7.91. The summed E-state index contributed by atoms with van der Waals surface area (Å²) < 4.78 is 65.2. The van der Waals surface area contributed by atoms with Crippen LogP contribution in [0.5, 0.6) is 0 Å². The van der Waals surface area contributed by atoms with E-state index in [-0.39, 0.29) is 10.6 Å². The molecule has 0 bridgehead atoms. The molecule has 1 amide bonds. The molecule has 0 saturated heterocycles. The molecule has 5 rings (SSSR count). The van der Waals surface area contributed by atoms with E-state index in [0.29, 0.717) is 23.7 Å². The van der Waals surface area contributed by atoms with Crippen LogP contribution in [0.2, 0.25) is 0 Å². The van der Waals surface area contributed by atoms with Gasteiger partial charge in [0, 0.05) is 40.8 Å². The van der Waals surface area contributed by atoms with E-state index in [1.807, 2.05) is 12.1 Å². The van der Waals surface area contributed by atoms with Gasteiger partial charge in [-0.15, -0.1) is 0 Å². The van der Waals surface area contributed by atoms with E-state index < -0.39 is 40.1 Å². The summed E-state index contributed by atoms with van der Waals surface area (Å²) in [6.07, 6.45) is -0.700. The number of pyridine rings is 1. The molecule has 210 valence electrons. The van der Waals surface area contributed by atoms with Gasteiger partial charge in [-0.05, 0) is 66.9 Å². The van der Waals surface area contributed by atoms with Gasteiger partial charge in [0.1, 0.15) is 0 Å². The maximum Gasteiger partial charge on any atom is 0.416 e. The highest BCUT2D eigenvalue weighted by Crippen LogP contribution is 2.40. The lowest BCUT2D eigenvalue weighted by atomic mass is 10.1. The Morgan fingerprint density at radius 3 is 2.40 bits per heavy atom. The summed E-state index contributed by atoms with van der Waals surface area (Å²) in [4.78, 5) is 17.3. The minimum absolute atomic E-state index is 0.0643. The topological polar surface area (TPSA) is 101 Å². The zero-order valence-electron chi connectivity index (χ0n) is 21.6. The van der Waals surface area contributed by atoms with Gasteiger partial charge < -0.3 is 15.0 Å². The van der Waals surface area contributed by atoms with E-state index in [1.54, 1.807) is 12.1 Å². The number of carbonyl (C=O) groups excluding carboxylic acids is 1. The third-order valence-corrected chi connectivity index (χ3v) is 8.82. The summed E-state index contributed by atoms with van der Waals surface area (Å²) in [5, 5.41) is 13.5. The fraction of sp³-hybridized carbons (Fsp3) is 0.310. The van der Waals surface area contributed by atoms with E-state index >= 15 is 0 Å². The Bertz CT molecular complexity index is 1640. The van der Waals surface area contributed by atoms with Gasteiger partial charge in [0.05, 0.1) is 34.6 Å². The predicted molar refractivity (Wildman–Crippen MR) is 144 cm³/mol. The minimum Gasteiger partial charge on any atom is -0.394 e. The lowest BCUT2D eigenvalue weighted by Crippen LogP contribution is -2.31. The number of sulfone groups is 1. The SMILES string of the molecule is CCS(=O)(=O)c1ccc(C(CO)NC(=O)c2ccc3c(c2)cc(Cc2ccc(C(F)(F)F)cc2)n3C2CC2)nc1. The van der Waals surface area contributed by atoms with Crippen molar-refractivity contribution >= 4 is 26.6 Å². The molecule has 0 radical (unpaired) electrons. The van der Waals surface area contributed by atoms with Crippen molar-refractivity contribution in [2.45, 2.75) is 49.3 Å². The average Bonchev–Trinajstić information content (AvgIpc) is 3.71. The van der Waals surface area contributed by atoms with Crippen molar-refractivity contribution in [2.75, 3.05) is 12.4 Å². The van der Waals surface area contributed by atoms with Crippen LogP contribution < -0.4 is 5.32 Å². The van der Waals surface area contributed by atoms with Gasteiger partial charge in [-0.2, -0.15) is 13.2 Å². The monoisotopic (exact) mass is 571 g/mol. The number of hydrogen-bond acceptors (Lipinski definition) is 5. The van der Waals surface area contributed by atoms with Crippen LogP contribution in [0.1, 0.15) is 64.7 Å². The number of aromatic nitrogens is 2. The molecule has 4 aromatic rings. The number of nitrogens with one attached hydrogen (secondary N) is 1. The Balaban J connectivity index is 1.37. The molecule has 1 aliphatic rings. The molecule has 40 heavy (non-hydrogen) atoms.